The fourth-order valence-corrected chi connectivity index (χ4v) is 2.01. The minimum Gasteiger partial charge on any atom is -0.388 e. The van der Waals surface area contributed by atoms with Crippen LogP contribution in [0.3, 0.4) is 0 Å². The molecule has 2 aromatic carbocycles. The highest BCUT2D eigenvalue weighted by atomic mass is 35.5. The van der Waals surface area contributed by atoms with Gasteiger partial charge in [0, 0.05) is 17.0 Å². The Labute approximate surface area is 117 Å². The molecule has 0 fully saturated rings. The summed E-state index contributed by atoms with van der Waals surface area (Å²) in [4.78, 5) is 0. The SMILES string of the molecule is OC(Cc1cc(Cl)ccc1F)c1ccc(F)c(F)c1F. The molecule has 0 spiro atoms. The van der Waals surface area contributed by atoms with E-state index in [0.717, 1.165) is 12.1 Å². The van der Waals surface area contributed by atoms with Gasteiger partial charge in [-0.3, -0.25) is 0 Å². The Kier molecular flexibility index (Phi) is 4.30. The van der Waals surface area contributed by atoms with E-state index in [0.29, 0.717) is 6.07 Å². The van der Waals surface area contributed by atoms with Crippen molar-refractivity contribution < 1.29 is 22.7 Å². The summed E-state index contributed by atoms with van der Waals surface area (Å²) in [5.74, 6) is -5.14. The molecule has 1 unspecified atom stereocenters. The van der Waals surface area contributed by atoms with Gasteiger partial charge < -0.3 is 5.11 Å². The van der Waals surface area contributed by atoms with Crippen molar-refractivity contribution in [1.82, 2.24) is 0 Å². The Hall–Kier alpha value is -1.59. The van der Waals surface area contributed by atoms with Crippen molar-refractivity contribution in [2.24, 2.45) is 0 Å². The van der Waals surface area contributed by atoms with Crippen LogP contribution in [0.2, 0.25) is 5.02 Å². The molecule has 1 N–H and O–H groups in total. The zero-order chi connectivity index (χ0) is 14.9. The third-order valence-electron chi connectivity index (χ3n) is 2.85. The van der Waals surface area contributed by atoms with Gasteiger partial charge in [-0.2, -0.15) is 0 Å². The quantitative estimate of drug-likeness (QED) is 0.666. The van der Waals surface area contributed by atoms with Gasteiger partial charge in [0.2, 0.25) is 0 Å². The van der Waals surface area contributed by atoms with E-state index in [2.05, 4.69) is 0 Å². The summed E-state index contributed by atoms with van der Waals surface area (Å²) in [7, 11) is 0. The second-order valence-corrected chi connectivity index (χ2v) is 4.66. The second kappa shape index (κ2) is 5.81. The van der Waals surface area contributed by atoms with Crippen LogP contribution < -0.4 is 0 Å². The summed E-state index contributed by atoms with van der Waals surface area (Å²) in [6.07, 6.45) is -1.83. The van der Waals surface area contributed by atoms with Gasteiger partial charge >= 0.3 is 0 Å². The molecule has 106 valence electrons. The smallest absolute Gasteiger partial charge is 0.194 e. The first-order chi connectivity index (χ1) is 9.40. The van der Waals surface area contributed by atoms with E-state index in [1.165, 1.54) is 12.1 Å². The maximum atomic E-state index is 13.5. The Morgan fingerprint density at radius 3 is 2.30 bits per heavy atom. The molecule has 0 saturated carbocycles. The van der Waals surface area contributed by atoms with E-state index in [1.807, 2.05) is 0 Å². The van der Waals surface area contributed by atoms with Crippen molar-refractivity contribution in [3.05, 3.63) is 69.8 Å². The van der Waals surface area contributed by atoms with E-state index >= 15 is 0 Å². The molecule has 1 atom stereocenters. The normalized spacial score (nSPS) is 12.5. The standard InChI is InChI=1S/C14H9ClF4O/c15-8-1-3-10(16)7(5-8)6-12(20)9-2-4-11(17)14(19)13(9)18/h1-5,12,20H,6H2. The van der Waals surface area contributed by atoms with Gasteiger partial charge in [-0.05, 0) is 29.8 Å². The molecule has 0 aromatic heterocycles. The fourth-order valence-electron chi connectivity index (χ4n) is 1.82. The van der Waals surface area contributed by atoms with Crippen LogP contribution >= 0.6 is 11.6 Å². The lowest BCUT2D eigenvalue weighted by Crippen LogP contribution is -2.08. The van der Waals surface area contributed by atoms with Gasteiger partial charge in [-0.1, -0.05) is 17.7 Å². The summed E-state index contributed by atoms with van der Waals surface area (Å²) in [5, 5.41) is 10.1. The predicted molar refractivity (Wildman–Crippen MR) is 66.4 cm³/mol. The molecule has 20 heavy (non-hydrogen) atoms. The first-order valence-corrected chi connectivity index (χ1v) is 6.03. The van der Waals surface area contributed by atoms with Crippen LogP contribution in [-0.4, -0.2) is 5.11 Å². The lowest BCUT2D eigenvalue weighted by molar-refractivity contribution is 0.170. The summed E-state index contributed by atoms with van der Waals surface area (Å²) in [6.45, 7) is 0. The van der Waals surface area contributed by atoms with E-state index in [9.17, 15) is 22.7 Å². The van der Waals surface area contributed by atoms with Crippen molar-refractivity contribution in [1.29, 1.82) is 0 Å². The number of hydrogen-bond acceptors (Lipinski definition) is 1. The van der Waals surface area contributed by atoms with Gasteiger partial charge in [0.25, 0.3) is 0 Å². The molecule has 0 saturated heterocycles. The fraction of sp³-hybridized carbons (Fsp3) is 0.143. The number of aliphatic hydroxyl groups excluding tert-OH is 1. The van der Waals surface area contributed by atoms with E-state index in [1.54, 1.807) is 0 Å². The number of rotatable bonds is 3. The van der Waals surface area contributed by atoms with Crippen molar-refractivity contribution >= 4 is 11.6 Å². The lowest BCUT2D eigenvalue weighted by atomic mass is 10.0. The van der Waals surface area contributed by atoms with Gasteiger partial charge in [0.15, 0.2) is 17.5 Å². The molecular formula is C14H9ClF4O. The molecule has 0 aliphatic carbocycles. The average Bonchev–Trinajstić information content (AvgIpc) is 2.40. The number of hydrogen-bond donors (Lipinski definition) is 1. The van der Waals surface area contributed by atoms with Gasteiger partial charge in [0.05, 0.1) is 6.10 Å². The van der Waals surface area contributed by atoms with Gasteiger partial charge in [-0.15, -0.1) is 0 Å². The molecule has 0 radical (unpaired) electrons. The second-order valence-electron chi connectivity index (χ2n) is 4.22. The molecule has 6 heteroatoms. The monoisotopic (exact) mass is 304 g/mol. The van der Waals surface area contributed by atoms with Crippen molar-refractivity contribution in [2.45, 2.75) is 12.5 Å². The molecule has 0 amide bonds. The maximum Gasteiger partial charge on any atom is 0.194 e. The van der Waals surface area contributed by atoms with Crippen LogP contribution in [0.1, 0.15) is 17.2 Å². The summed E-state index contributed by atoms with van der Waals surface area (Å²) >= 11 is 5.69. The Morgan fingerprint density at radius 2 is 1.60 bits per heavy atom. The average molecular weight is 305 g/mol. The van der Waals surface area contributed by atoms with Gasteiger partial charge in [-0.25, -0.2) is 17.6 Å². The highest BCUT2D eigenvalue weighted by Crippen LogP contribution is 2.26. The molecule has 1 nitrogen and oxygen atoms in total. The van der Waals surface area contributed by atoms with Crippen LogP contribution in [-0.2, 0) is 6.42 Å². The Morgan fingerprint density at radius 1 is 0.950 bits per heavy atom. The maximum absolute atomic E-state index is 13.5. The van der Waals surface area contributed by atoms with Crippen LogP contribution in [0.25, 0.3) is 0 Å². The van der Waals surface area contributed by atoms with Gasteiger partial charge in [0.1, 0.15) is 5.82 Å². The van der Waals surface area contributed by atoms with Crippen LogP contribution in [0.5, 0.6) is 0 Å². The molecule has 0 aliphatic rings. The predicted octanol–water partition coefficient (Wildman–Crippen LogP) is 4.17. The van der Waals surface area contributed by atoms with Crippen molar-refractivity contribution in [2.75, 3.05) is 0 Å². The van der Waals surface area contributed by atoms with E-state index in [-0.39, 0.29) is 17.0 Å². The number of benzene rings is 2. The van der Waals surface area contributed by atoms with Crippen molar-refractivity contribution in [3.63, 3.8) is 0 Å². The Bertz CT molecular complexity index is 645. The first-order valence-electron chi connectivity index (χ1n) is 5.65. The van der Waals surface area contributed by atoms with Crippen LogP contribution in [0, 0.1) is 23.3 Å². The zero-order valence-corrected chi connectivity index (χ0v) is 10.8. The number of aliphatic hydroxyl groups is 1. The summed E-state index contributed by atoms with van der Waals surface area (Å²) < 4.78 is 52.9. The molecular weight excluding hydrogens is 296 g/mol. The van der Waals surface area contributed by atoms with Crippen molar-refractivity contribution in [3.8, 4) is 0 Å². The van der Waals surface area contributed by atoms with E-state index < -0.39 is 34.9 Å². The molecule has 0 aliphatic heterocycles. The highest BCUT2D eigenvalue weighted by molar-refractivity contribution is 6.30. The molecule has 2 aromatic rings. The highest BCUT2D eigenvalue weighted by Gasteiger charge is 2.20. The lowest BCUT2D eigenvalue weighted by Gasteiger charge is -2.13. The van der Waals surface area contributed by atoms with Crippen LogP contribution in [0.15, 0.2) is 30.3 Å². The molecule has 2 rings (SSSR count). The molecule has 0 heterocycles. The summed E-state index contributed by atoms with van der Waals surface area (Å²) in [5.41, 5.74) is -0.391. The Balaban J connectivity index is 2.31. The minimum atomic E-state index is -1.67. The van der Waals surface area contributed by atoms with Crippen LogP contribution in [0.4, 0.5) is 17.6 Å². The zero-order valence-electron chi connectivity index (χ0n) is 10.0. The summed E-state index contributed by atoms with van der Waals surface area (Å²) in [6, 6.07) is 5.32. The number of halogens is 5. The first kappa shape index (κ1) is 14.8. The third kappa shape index (κ3) is 2.94. The van der Waals surface area contributed by atoms with E-state index in [4.69, 9.17) is 11.6 Å². The largest absolute Gasteiger partial charge is 0.388 e. The molecule has 0 bridgehead atoms. The third-order valence-corrected chi connectivity index (χ3v) is 3.08. The minimum absolute atomic E-state index is 0.0501. The topological polar surface area (TPSA) is 20.2 Å².